The number of piperazine rings is 1. The lowest BCUT2D eigenvalue weighted by atomic mass is 10.2. The van der Waals surface area contributed by atoms with Gasteiger partial charge in [-0.15, -0.1) is 0 Å². The van der Waals surface area contributed by atoms with Gasteiger partial charge in [-0.25, -0.2) is 9.97 Å². The van der Waals surface area contributed by atoms with E-state index >= 15 is 0 Å². The van der Waals surface area contributed by atoms with Crippen LogP contribution in [0, 0.1) is 0 Å². The minimum absolute atomic E-state index is 0.471. The minimum Gasteiger partial charge on any atom is -0.487 e. The van der Waals surface area contributed by atoms with Gasteiger partial charge >= 0.3 is 0 Å². The second kappa shape index (κ2) is 10.1. The second-order valence-electron chi connectivity index (χ2n) is 7.98. The number of benzene rings is 1. The molecular formula is C25H28N4O3. The van der Waals surface area contributed by atoms with Gasteiger partial charge in [-0.1, -0.05) is 36.4 Å². The van der Waals surface area contributed by atoms with Crippen LogP contribution in [-0.2, 0) is 22.6 Å². The van der Waals surface area contributed by atoms with E-state index in [4.69, 9.17) is 19.2 Å². The SMILES string of the molecule is c1ccc(COc2ccc(CN3CCN(c4ccccn4)CC3)nc2C2OCCO2)cc1. The molecule has 0 spiro atoms. The lowest BCUT2D eigenvalue weighted by molar-refractivity contribution is -0.0493. The van der Waals surface area contributed by atoms with E-state index in [-0.39, 0.29) is 0 Å². The molecule has 166 valence electrons. The van der Waals surface area contributed by atoms with E-state index in [0.29, 0.717) is 25.6 Å². The molecule has 0 bridgehead atoms. The van der Waals surface area contributed by atoms with Crippen molar-refractivity contribution in [2.24, 2.45) is 0 Å². The molecule has 0 unspecified atom stereocenters. The van der Waals surface area contributed by atoms with Crippen molar-refractivity contribution in [1.29, 1.82) is 0 Å². The predicted molar refractivity (Wildman–Crippen MR) is 121 cm³/mol. The van der Waals surface area contributed by atoms with Crippen molar-refractivity contribution in [3.8, 4) is 5.75 Å². The Bertz CT molecular complexity index is 989. The molecule has 4 heterocycles. The first-order valence-corrected chi connectivity index (χ1v) is 11.1. The summed E-state index contributed by atoms with van der Waals surface area (Å²) in [4.78, 5) is 14.1. The number of hydrogen-bond donors (Lipinski definition) is 0. The molecule has 0 radical (unpaired) electrons. The molecule has 3 aromatic rings. The highest BCUT2D eigenvalue weighted by Gasteiger charge is 2.25. The van der Waals surface area contributed by atoms with Gasteiger partial charge < -0.3 is 19.1 Å². The molecule has 1 aromatic carbocycles. The van der Waals surface area contributed by atoms with E-state index in [0.717, 1.165) is 55.5 Å². The Balaban J connectivity index is 1.25. The third kappa shape index (κ3) is 5.07. The normalized spacial score (nSPS) is 17.6. The third-order valence-corrected chi connectivity index (χ3v) is 5.76. The van der Waals surface area contributed by atoms with Crippen LogP contribution in [0.1, 0.15) is 23.2 Å². The Kier molecular flexibility index (Phi) is 6.58. The molecule has 2 aliphatic heterocycles. The molecule has 7 nitrogen and oxygen atoms in total. The zero-order chi connectivity index (χ0) is 21.6. The average molecular weight is 433 g/mol. The Morgan fingerprint density at radius 1 is 0.875 bits per heavy atom. The summed E-state index contributed by atoms with van der Waals surface area (Å²) in [6.07, 6.45) is 1.38. The molecular weight excluding hydrogens is 404 g/mol. The maximum Gasteiger partial charge on any atom is 0.205 e. The highest BCUT2D eigenvalue weighted by molar-refractivity contribution is 5.38. The fourth-order valence-corrected chi connectivity index (χ4v) is 4.04. The van der Waals surface area contributed by atoms with Crippen molar-refractivity contribution < 1.29 is 14.2 Å². The lowest BCUT2D eigenvalue weighted by Crippen LogP contribution is -2.46. The molecule has 2 fully saturated rings. The predicted octanol–water partition coefficient (Wildman–Crippen LogP) is 3.42. The highest BCUT2D eigenvalue weighted by atomic mass is 16.7. The van der Waals surface area contributed by atoms with E-state index in [1.165, 1.54) is 0 Å². The zero-order valence-electron chi connectivity index (χ0n) is 18.1. The van der Waals surface area contributed by atoms with Crippen LogP contribution >= 0.6 is 0 Å². The summed E-state index contributed by atoms with van der Waals surface area (Å²) in [6.45, 7) is 6.26. The quantitative estimate of drug-likeness (QED) is 0.567. The second-order valence-corrected chi connectivity index (χ2v) is 7.98. The number of nitrogens with zero attached hydrogens (tertiary/aromatic N) is 4. The molecule has 2 aromatic heterocycles. The zero-order valence-corrected chi connectivity index (χ0v) is 18.1. The van der Waals surface area contributed by atoms with E-state index in [1.54, 1.807) is 0 Å². The Hall–Kier alpha value is -3.00. The van der Waals surface area contributed by atoms with Crippen LogP contribution in [0.25, 0.3) is 0 Å². The van der Waals surface area contributed by atoms with Gasteiger partial charge in [0.2, 0.25) is 6.29 Å². The first-order valence-electron chi connectivity index (χ1n) is 11.1. The fraction of sp³-hybridized carbons (Fsp3) is 0.360. The van der Waals surface area contributed by atoms with Gasteiger partial charge in [0.25, 0.3) is 0 Å². The van der Waals surface area contributed by atoms with Gasteiger partial charge in [0, 0.05) is 38.9 Å². The summed E-state index contributed by atoms with van der Waals surface area (Å²) in [6, 6.07) is 20.2. The van der Waals surface area contributed by atoms with E-state index in [1.807, 2.05) is 48.7 Å². The summed E-state index contributed by atoms with van der Waals surface area (Å²) < 4.78 is 17.6. The van der Waals surface area contributed by atoms with Crippen molar-refractivity contribution >= 4 is 5.82 Å². The number of hydrogen-bond acceptors (Lipinski definition) is 7. The number of rotatable bonds is 7. The first-order chi connectivity index (χ1) is 15.8. The third-order valence-electron chi connectivity index (χ3n) is 5.76. The van der Waals surface area contributed by atoms with Gasteiger partial charge in [-0.3, -0.25) is 4.90 Å². The molecule has 0 N–H and O–H groups in total. The molecule has 2 saturated heterocycles. The minimum atomic E-state index is -0.471. The molecule has 0 atom stereocenters. The summed E-state index contributed by atoms with van der Waals surface area (Å²) in [7, 11) is 0. The Morgan fingerprint density at radius 3 is 2.41 bits per heavy atom. The van der Waals surface area contributed by atoms with Gasteiger partial charge in [0.1, 0.15) is 23.9 Å². The van der Waals surface area contributed by atoms with Crippen LogP contribution < -0.4 is 9.64 Å². The van der Waals surface area contributed by atoms with Gasteiger partial charge in [0.05, 0.1) is 18.9 Å². The van der Waals surface area contributed by atoms with Crippen molar-refractivity contribution in [2.75, 3.05) is 44.3 Å². The fourth-order valence-electron chi connectivity index (χ4n) is 4.04. The van der Waals surface area contributed by atoms with Gasteiger partial charge in [-0.2, -0.15) is 0 Å². The number of ether oxygens (including phenoxy) is 3. The molecule has 7 heteroatoms. The van der Waals surface area contributed by atoms with Crippen LogP contribution in [0.15, 0.2) is 66.9 Å². The van der Waals surface area contributed by atoms with Gasteiger partial charge in [-0.05, 0) is 29.8 Å². The number of pyridine rings is 2. The Morgan fingerprint density at radius 2 is 1.66 bits per heavy atom. The van der Waals surface area contributed by atoms with Crippen LogP contribution in [0.2, 0.25) is 0 Å². The monoisotopic (exact) mass is 432 g/mol. The molecule has 0 amide bonds. The van der Waals surface area contributed by atoms with E-state index in [2.05, 4.69) is 33.0 Å². The Labute approximate surface area is 188 Å². The standard InChI is InChI=1S/C25H28N4O3/c1-2-6-20(7-3-1)19-32-22-10-9-21(27-24(22)25-30-16-17-31-25)18-28-12-14-29(15-13-28)23-8-4-5-11-26-23/h1-11,25H,12-19H2. The largest absolute Gasteiger partial charge is 0.487 e. The molecule has 32 heavy (non-hydrogen) atoms. The summed E-state index contributed by atoms with van der Waals surface area (Å²) in [5.74, 6) is 1.76. The average Bonchev–Trinajstić information content (AvgIpc) is 3.40. The topological polar surface area (TPSA) is 60.0 Å². The molecule has 5 rings (SSSR count). The highest BCUT2D eigenvalue weighted by Crippen LogP contribution is 2.31. The number of aromatic nitrogens is 2. The lowest BCUT2D eigenvalue weighted by Gasteiger charge is -2.35. The summed E-state index contributed by atoms with van der Waals surface area (Å²) >= 11 is 0. The van der Waals surface area contributed by atoms with Gasteiger partial charge in [0.15, 0.2) is 0 Å². The van der Waals surface area contributed by atoms with Crippen LogP contribution in [0.3, 0.4) is 0 Å². The number of anilines is 1. The molecule has 0 aliphatic carbocycles. The van der Waals surface area contributed by atoms with Crippen LogP contribution in [-0.4, -0.2) is 54.3 Å². The maximum atomic E-state index is 6.09. The smallest absolute Gasteiger partial charge is 0.205 e. The van der Waals surface area contributed by atoms with Crippen molar-refractivity contribution in [2.45, 2.75) is 19.4 Å². The summed E-state index contributed by atoms with van der Waals surface area (Å²) in [5, 5.41) is 0. The summed E-state index contributed by atoms with van der Waals surface area (Å²) in [5.41, 5.74) is 2.84. The van der Waals surface area contributed by atoms with Crippen molar-refractivity contribution in [3.05, 3.63) is 83.8 Å². The van der Waals surface area contributed by atoms with Crippen LogP contribution in [0.4, 0.5) is 5.82 Å². The molecule has 0 saturated carbocycles. The van der Waals surface area contributed by atoms with E-state index < -0.39 is 6.29 Å². The van der Waals surface area contributed by atoms with Crippen LogP contribution in [0.5, 0.6) is 5.75 Å². The maximum absolute atomic E-state index is 6.09. The first kappa shape index (κ1) is 20.9. The molecule has 2 aliphatic rings. The van der Waals surface area contributed by atoms with Crippen molar-refractivity contribution in [3.63, 3.8) is 0 Å². The van der Waals surface area contributed by atoms with E-state index in [9.17, 15) is 0 Å². The van der Waals surface area contributed by atoms with Crippen molar-refractivity contribution in [1.82, 2.24) is 14.9 Å².